The molecule has 42 heavy (non-hydrogen) atoms. The van der Waals surface area contributed by atoms with Crippen LogP contribution in [0.5, 0.6) is 0 Å². The van der Waals surface area contributed by atoms with Crippen LogP contribution in [-0.4, -0.2) is 75.0 Å². The Kier molecular flexibility index (Phi) is 31.9. The molecule has 0 aliphatic rings. The van der Waals surface area contributed by atoms with Crippen LogP contribution in [0.3, 0.4) is 0 Å². The van der Waals surface area contributed by atoms with E-state index < -0.39 is 0 Å². The van der Waals surface area contributed by atoms with Crippen molar-refractivity contribution in [3.05, 3.63) is 0 Å². The second-order valence-corrected chi connectivity index (χ2v) is 12.5. The minimum atomic E-state index is 0.321. The van der Waals surface area contributed by atoms with Gasteiger partial charge in [0.1, 0.15) is 0 Å². The van der Waals surface area contributed by atoms with E-state index in [2.05, 4.69) is 34.3 Å². The summed E-state index contributed by atoms with van der Waals surface area (Å²) in [6.45, 7) is 9.71. The van der Waals surface area contributed by atoms with Gasteiger partial charge in [0.25, 0.3) is 0 Å². The first kappa shape index (κ1) is 40.9. The highest BCUT2D eigenvalue weighted by Crippen LogP contribution is 2.14. The highest BCUT2D eigenvalue weighted by molar-refractivity contribution is 5.76. The Balaban J connectivity index is 4.41. The normalized spacial score (nSPS) is 11.2. The van der Waals surface area contributed by atoms with Gasteiger partial charge in [0.2, 0.25) is 11.8 Å². The van der Waals surface area contributed by atoms with E-state index in [1.807, 2.05) is 14.1 Å². The summed E-state index contributed by atoms with van der Waals surface area (Å²) in [5.41, 5.74) is 0. The first-order valence-electron chi connectivity index (χ1n) is 18.4. The molecule has 0 aliphatic heterocycles. The lowest BCUT2D eigenvalue weighted by Gasteiger charge is -2.25. The van der Waals surface area contributed by atoms with Gasteiger partial charge >= 0.3 is 0 Å². The van der Waals surface area contributed by atoms with Crippen molar-refractivity contribution in [2.75, 3.05) is 53.4 Å². The number of carbonyl (C=O) groups excluding carboxylic acids is 2. The number of amides is 2. The number of unbranched alkanes of at least 4 members (excludes halogenated alkanes) is 17. The van der Waals surface area contributed by atoms with E-state index in [0.29, 0.717) is 24.7 Å². The average molecular weight is 595 g/mol. The van der Waals surface area contributed by atoms with E-state index >= 15 is 0 Å². The summed E-state index contributed by atoms with van der Waals surface area (Å²) >= 11 is 0. The van der Waals surface area contributed by atoms with Gasteiger partial charge in [0.15, 0.2) is 0 Å². The molecule has 6 heteroatoms. The van der Waals surface area contributed by atoms with Gasteiger partial charge in [-0.1, -0.05) is 117 Å². The first-order valence-corrected chi connectivity index (χ1v) is 18.4. The summed E-state index contributed by atoms with van der Waals surface area (Å²) in [5.74, 6) is 0.641. The molecular formula is C36H74N4O2. The number of nitrogens with zero attached hydrogens (tertiary/aromatic N) is 2. The second kappa shape index (κ2) is 32.8. The van der Waals surface area contributed by atoms with Gasteiger partial charge in [-0.3, -0.25) is 9.59 Å². The van der Waals surface area contributed by atoms with Crippen LogP contribution >= 0.6 is 0 Å². The summed E-state index contributed by atoms with van der Waals surface area (Å²) < 4.78 is 0. The topological polar surface area (TPSA) is 64.7 Å². The third-order valence-corrected chi connectivity index (χ3v) is 8.51. The predicted molar refractivity (Wildman–Crippen MR) is 183 cm³/mol. The molecule has 0 fully saturated rings. The molecule has 0 aromatic rings. The lowest BCUT2D eigenvalue weighted by molar-refractivity contribution is -0.133. The van der Waals surface area contributed by atoms with Crippen molar-refractivity contribution in [2.45, 2.75) is 168 Å². The Morgan fingerprint density at radius 1 is 0.405 bits per heavy atom. The molecule has 0 saturated carbocycles. The van der Waals surface area contributed by atoms with Crippen LogP contribution in [0.1, 0.15) is 168 Å². The molecule has 0 atom stereocenters. The van der Waals surface area contributed by atoms with Gasteiger partial charge in [-0.15, -0.1) is 0 Å². The molecule has 0 bridgehead atoms. The minimum absolute atomic E-state index is 0.321. The molecule has 6 nitrogen and oxygen atoms in total. The third kappa shape index (κ3) is 26.5. The molecule has 0 aromatic heterocycles. The van der Waals surface area contributed by atoms with Crippen molar-refractivity contribution in [3.63, 3.8) is 0 Å². The lowest BCUT2D eigenvalue weighted by Crippen LogP contribution is -2.36. The first-order chi connectivity index (χ1) is 20.6. The number of carbonyl (C=O) groups is 2. The van der Waals surface area contributed by atoms with Crippen molar-refractivity contribution in [2.24, 2.45) is 0 Å². The molecule has 0 spiro atoms. The van der Waals surface area contributed by atoms with Crippen LogP contribution < -0.4 is 10.6 Å². The standard InChI is InChI=1S/C36H74N4O2/c1-5-7-9-11-13-15-17-19-21-27-35(41)39(33-25-29-37-3)31-23-24-32-40(34-26-30-38-4)36(42)28-22-20-18-16-14-12-10-8-6-2/h37-38H,5-34H2,1-4H3. The van der Waals surface area contributed by atoms with Crippen LogP contribution in [0.25, 0.3) is 0 Å². The van der Waals surface area contributed by atoms with Gasteiger partial charge in [0, 0.05) is 39.0 Å². The van der Waals surface area contributed by atoms with Gasteiger partial charge in [-0.2, -0.15) is 0 Å². The summed E-state index contributed by atoms with van der Waals surface area (Å²) in [6, 6.07) is 0. The molecule has 250 valence electrons. The molecular weight excluding hydrogens is 520 g/mol. The van der Waals surface area contributed by atoms with Crippen LogP contribution in [-0.2, 0) is 9.59 Å². The summed E-state index contributed by atoms with van der Waals surface area (Å²) in [5, 5.41) is 6.43. The molecule has 2 N–H and O–H groups in total. The summed E-state index contributed by atoms with van der Waals surface area (Å²) in [6.07, 6.45) is 28.3. The second-order valence-electron chi connectivity index (χ2n) is 12.5. The van der Waals surface area contributed by atoms with E-state index in [-0.39, 0.29) is 0 Å². The maximum Gasteiger partial charge on any atom is 0.222 e. The quantitative estimate of drug-likeness (QED) is 0.0748. The predicted octanol–water partition coefficient (Wildman–Crippen LogP) is 8.48. The van der Waals surface area contributed by atoms with Gasteiger partial charge in [0.05, 0.1) is 0 Å². The molecule has 2 amide bonds. The smallest absolute Gasteiger partial charge is 0.222 e. The van der Waals surface area contributed by atoms with E-state index in [4.69, 9.17) is 0 Å². The monoisotopic (exact) mass is 595 g/mol. The highest BCUT2D eigenvalue weighted by atomic mass is 16.2. The molecule has 0 rings (SSSR count). The Bertz CT molecular complexity index is 537. The van der Waals surface area contributed by atoms with Crippen molar-refractivity contribution >= 4 is 11.8 Å². The number of hydrogen-bond donors (Lipinski definition) is 2. The maximum absolute atomic E-state index is 13.0. The molecule has 0 unspecified atom stereocenters. The van der Waals surface area contributed by atoms with E-state index in [1.165, 1.54) is 103 Å². The van der Waals surface area contributed by atoms with E-state index in [9.17, 15) is 9.59 Å². The fourth-order valence-electron chi connectivity index (χ4n) is 5.71. The number of nitrogens with one attached hydrogen (secondary N) is 2. The third-order valence-electron chi connectivity index (χ3n) is 8.51. The molecule has 0 saturated heterocycles. The van der Waals surface area contributed by atoms with Crippen LogP contribution in [0, 0.1) is 0 Å². The Morgan fingerprint density at radius 3 is 1.00 bits per heavy atom. The Hall–Kier alpha value is -1.14. The van der Waals surface area contributed by atoms with Crippen molar-refractivity contribution < 1.29 is 9.59 Å². The number of rotatable bonds is 33. The fourth-order valence-corrected chi connectivity index (χ4v) is 5.71. The largest absolute Gasteiger partial charge is 0.343 e. The van der Waals surface area contributed by atoms with Gasteiger partial charge in [-0.05, 0) is 65.7 Å². The van der Waals surface area contributed by atoms with E-state index in [0.717, 1.165) is 77.8 Å². The van der Waals surface area contributed by atoms with Crippen LogP contribution in [0.2, 0.25) is 0 Å². The lowest BCUT2D eigenvalue weighted by atomic mass is 10.1. The van der Waals surface area contributed by atoms with Gasteiger partial charge < -0.3 is 20.4 Å². The zero-order chi connectivity index (χ0) is 30.9. The highest BCUT2D eigenvalue weighted by Gasteiger charge is 2.15. The minimum Gasteiger partial charge on any atom is -0.343 e. The zero-order valence-corrected chi connectivity index (χ0v) is 28.9. The zero-order valence-electron chi connectivity index (χ0n) is 28.9. The summed E-state index contributed by atoms with van der Waals surface area (Å²) in [7, 11) is 3.95. The molecule has 0 aromatic carbocycles. The van der Waals surface area contributed by atoms with Crippen molar-refractivity contribution in [3.8, 4) is 0 Å². The molecule has 0 heterocycles. The Labute approximate surface area is 262 Å². The molecule has 0 radical (unpaired) electrons. The average Bonchev–Trinajstić information content (AvgIpc) is 2.99. The number of hydrogen-bond acceptors (Lipinski definition) is 4. The SMILES string of the molecule is CCCCCCCCCCCC(=O)N(CCCCN(CCCNC)C(=O)CCCCCCCCCCC)CCCNC. The Morgan fingerprint density at radius 2 is 0.690 bits per heavy atom. The maximum atomic E-state index is 13.0. The fraction of sp³-hybridized carbons (Fsp3) is 0.944. The van der Waals surface area contributed by atoms with Crippen molar-refractivity contribution in [1.29, 1.82) is 0 Å². The van der Waals surface area contributed by atoms with Crippen LogP contribution in [0.15, 0.2) is 0 Å². The van der Waals surface area contributed by atoms with E-state index in [1.54, 1.807) is 0 Å². The summed E-state index contributed by atoms with van der Waals surface area (Å²) in [4.78, 5) is 30.3. The van der Waals surface area contributed by atoms with Crippen molar-refractivity contribution in [1.82, 2.24) is 20.4 Å². The van der Waals surface area contributed by atoms with Gasteiger partial charge in [-0.25, -0.2) is 0 Å². The van der Waals surface area contributed by atoms with Crippen LogP contribution in [0.4, 0.5) is 0 Å². The molecule has 0 aliphatic carbocycles.